The maximum absolute atomic E-state index is 14.2. The minimum absolute atomic E-state index is 0.0227. The Morgan fingerprint density at radius 2 is 1.00 bits per heavy atom. The number of hydrogen-bond donors (Lipinski definition) is 6. The first-order chi connectivity index (χ1) is 28.4. The molecule has 5 aromatic rings. The van der Waals surface area contributed by atoms with Crippen LogP contribution in [0.15, 0.2) is 99.5 Å². The first-order valence-electron chi connectivity index (χ1n) is 17.4. The van der Waals surface area contributed by atoms with E-state index in [4.69, 9.17) is 11.5 Å². The van der Waals surface area contributed by atoms with Crippen molar-refractivity contribution >= 4 is 85.8 Å². The summed E-state index contributed by atoms with van der Waals surface area (Å²) in [4.78, 5) is 61.3. The average Bonchev–Trinajstić information content (AvgIpc) is 3.19. The van der Waals surface area contributed by atoms with E-state index in [1.54, 1.807) is 31.2 Å². The standard InChI is InChI=1S/C39H33BrF6N8O4S2/c1-20-4-2-5-21(12-20)34(55)51-26-14-23(38(41,42)43)16-28(32(26)59-10-8-47)53-36(57)30-18-31(50-19-49-30)37(58)54-29-17-24(39(44,45)46)15-27(33(29)60-11-9-48)52-35(56)22-6-3-7-25(40)13-22/h2-7,12-19H,8-11,47-48H2,1H3,(H,51,55)(H,52,56)(H,53,57)(H,54,58). The van der Waals surface area contributed by atoms with Crippen LogP contribution in [0, 0.1) is 6.92 Å². The molecule has 0 aliphatic rings. The van der Waals surface area contributed by atoms with Crippen LogP contribution < -0.4 is 32.7 Å². The molecule has 0 aliphatic carbocycles. The highest BCUT2D eigenvalue weighted by atomic mass is 79.9. The molecule has 0 aliphatic heterocycles. The molecule has 4 amide bonds. The Kier molecular flexibility index (Phi) is 15.0. The molecule has 0 unspecified atom stereocenters. The first kappa shape index (κ1) is 45.6. The molecule has 8 N–H and O–H groups in total. The van der Waals surface area contributed by atoms with E-state index in [-0.39, 0.29) is 68.3 Å². The van der Waals surface area contributed by atoms with Crippen molar-refractivity contribution in [2.24, 2.45) is 11.5 Å². The summed E-state index contributed by atoms with van der Waals surface area (Å²) in [5, 5.41) is 9.71. The number of nitrogens with zero attached hydrogens (tertiary/aromatic N) is 2. The smallest absolute Gasteiger partial charge is 0.330 e. The fraction of sp³-hybridized carbons (Fsp3) is 0.179. The molecule has 0 fully saturated rings. The summed E-state index contributed by atoms with van der Waals surface area (Å²) in [6, 6.07) is 16.1. The highest BCUT2D eigenvalue weighted by Gasteiger charge is 2.35. The van der Waals surface area contributed by atoms with Gasteiger partial charge in [-0.15, -0.1) is 23.5 Å². The van der Waals surface area contributed by atoms with E-state index >= 15 is 0 Å². The van der Waals surface area contributed by atoms with Crippen molar-refractivity contribution in [1.29, 1.82) is 0 Å². The number of aryl methyl sites for hydroxylation is 1. The van der Waals surface area contributed by atoms with Crippen LogP contribution in [0.1, 0.15) is 58.4 Å². The van der Waals surface area contributed by atoms with Crippen LogP contribution in [-0.4, -0.2) is 58.2 Å². The molecule has 0 radical (unpaired) electrons. The van der Waals surface area contributed by atoms with Crippen LogP contribution in [0.3, 0.4) is 0 Å². The van der Waals surface area contributed by atoms with Gasteiger partial charge in [0.15, 0.2) is 0 Å². The van der Waals surface area contributed by atoms with Crippen molar-refractivity contribution in [2.75, 3.05) is 45.9 Å². The SMILES string of the molecule is Cc1cccc(C(=O)Nc2cc(C(F)(F)F)cc(NC(=O)c3cc(C(=O)Nc4cc(C(F)(F)F)cc(NC(=O)c5cccc(Br)c5)c4SCCN)ncn3)c2SCCN)c1. The molecule has 4 aromatic carbocycles. The number of rotatable bonds is 14. The van der Waals surface area contributed by atoms with Crippen molar-refractivity contribution in [2.45, 2.75) is 29.1 Å². The fourth-order valence-electron chi connectivity index (χ4n) is 5.37. The van der Waals surface area contributed by atoms with E-state index in [0.29, 0.717) is 22.7 Å². The quantitative estimate of drug-likeness (QED) is 0.0463. The van der Waals surface area contributed by atoms with Gasteiger partial charge in [-0.2, -0.15) is 26.3 Å². The van der Waals surface area contributed by atoms with Crippen LogP contribution in [0.5, 0.6) is 0 Å². The number of carbonyl (C=O) groups is 4. The lowest BCUT2D eigenvalue weighted by molar-refractivity contribution is -0.138. The molecule has 1 aromatic heterocycles. The van der Waals surface area contributed by atoms with E-state index in [1.807, 2.05) is 0 Å². The fourth-order valence-corrected chi connectivity index (χ4v) is 7.48. The molecule has 0 saturated heterocycles. The largest absolute Gasteiger partial charge is 0.416 e. The number of anilines is 4. The number of carbonyl (C=O) groups excluding carboxylic acids is 4. The van der Waals surface area contributed by atoms with Gasteiger partial charge in [0, 0.05) is 46.3 Å². The summed E-state index contributed by atoms with van der Waals surface area (Å²) >= 11 is 5.15. The molecule has 12 nitrogen and oxygen atoms in total. The van der Waals surface area contributed by atoms with Gasteiger partial charge in [-0.25, -0.2) is 9.97 Å². The second-order valence-electron chi connectivity index (χ2n) is 12.6. The van der Waals surface area contributed by atoms with Gasteiger partial charge in [-0.3, -0.25) is 19.2 Å². The molecule has 21 heteroatoms. The number of nitrogens with two attached hydrogens (primary N) is 2. The predicted molar refractivity (Wildman–Crippen MR) is 222 cm³/mol. The number of halogens is 7. The Morgan fingerprint density at radius 3 is 1.38 bits per heavy atom. The van der Waals surface area contributed by atoms with Crippen LogP contribution in [0.4, 0.5) is 49.1 Å². The molecule has 0 spiro atoms. The van der Waals surface area contributed by atoms with Crippen molar-refractivity contribution < 1.29 is 45.5 Å². The first-order valence-corrected chi connectivity index (χ1v) is 20.2. The zero-order valence-corrected chi connectivity index (χ0v) is 34.3. The zero-order chi connectivity index (χ0) is 43.8. The van der Waals surface area contributed by atoms with Gasteiger partial charge in [0.05, 0.1) is 43.7 Å². The van der Waals surface area contributed by atoms with Gasteiger partial charge in [0.25, 0.3) is 23.6 Å². The Hall–Kier alpha value is -5.48. The van der Waals surface area contributed by atoms with Crippen molar-refractivity contribution in [1.82, 2.24) is 9.97 Å². The molecule has 60 heavy (non-hydrogen) atoms. The normalized spacial score (nSPS) is 11.5. The minimum Gasteiger partial charge on any atom is -0.330 e. The van der Waals surface area contributed by atoms with E-state index < -0.39 is 58.5 Å². The number of benzene rings is 4. The average molecular weight is 936 g/mol. The van der Waals surface area contributed by atoms with E-state index in [2.05, 4.69) is 47.2 Å². The van der Waals surface area contributed by atoms with Crippen molar-refractivity contribution in [3.63, 3.8) is 0 Å². The van der Waals surface area contributed by atoms with Gasteiger partial charge in [-0.05, 0) is 61.5 Å². The summed E-state index contributed by atoms with van der Waals surface area (Å²) in [5.41, 5.74) is 7.58. The van der Waals surface area contributed by atoms with Gasteiger partial charge in [-0.1, -0.05) is 39.7 Å². The number of hydrogen-bond acceptors (Lipinski definition) is 10. The Morgan fingerprint density at radius 1 is 0.600 bits per heavy atom. The number of alkyl halides is 6. The van der Waals surface area contributed by atoms with E-state index in [9.17, 15) is 45.5 Å². The number of nitrogens with one attached hydrogen (secondary N) is 4. The number of aromatic nitrogens is 2. The molecule has 5 rings (SSSR count). The summed E-state index contributed by atoms with van der Waals surface area (Å²) in [7, 11) is 0. The summed E-state index contributed by atoms with van der Waals surface area (Å²) in [5.74, 6) is -3.36. The monoisotopic (exact) mass is 934 g/mol. The van der Waals surface area contributed by atoms with Crippen LogP contribution in [0.25, 0.3) is 0 Å². The highest BCUT2D eigenvalue weighted by molar-refractivity contribution is 9.10. The molecular formula is C39H33BrF6N8O4S2. The third-order valence-corrected chi connectivity index (χ3v) is 10.9. The molecular weight excluding hydrogens is 903 g/mol. The summed E-state index contributed by atoms with van der Waals surface area (Å²) in [6.07, 6.45) is -9.06. The number of amides is 4. The lowest BCUT2D eigenvalue weighted by Gasteiger charge is -2.19. The topological polar surface area (TPSA) is 194 Å². The van der Waals surface area contributed by atoms with E-state index in [1.165, 1.54) is 24.3 Å². The minimum atomic E-state index is -4.93. The third kappa shape index (κ3) is 11.8. The Labute approximate surface area is 355 Å². The zero-order valence-electron chi connectivity index (χ0n) is 31.1. The van der Waals surface area contributed by atoms with Gasteiger partial charge in [0.2, 0.25) is 0 Å². The predicted octanol–water partition coefficient (Wildman–Crippen LogP) is 8.70. The van der Waals surface area contributed by atoms with Gasteiger partial charge >= 0.3 is 12.4 Å². The lowest BCUT2D eigenvalue weighted by Crippen LogP contribution is -2.21. The molecule has 1 heterocycles. The maximum atomic E-state index is 14.2. The Balaban J connectivity index is 1.48. The van der Waals surface area contributed by atoms with Crippen molar-refractivity contribution in [3.8, 4) is 0 Å². The van der Waals surface area contributed by atoms with Crippen LogP contribution in [0.2, 0.25) is 0 Å². The molecule has 0 atom stereocenters. The van der Waals surface area contributed by atoms with Crippen molar-refractivity contribution in [3.05, 3.63) is 129 Å². The number of thioether (sulfide) groups is 2. The van der Waals surface area contributed by atoms with Crippen LogP contribution >= 0.6 is 39.5 Å². The molecule has 314 valence electrons. The Bertz CT molecular complexity index is 2280. The second kappa shape index (κ2) is 19.7. The molecule has 0 saturated carbocycles. The molecule has 0 bridgehead atoms. The summed E-state index contributed by atoms with van der Waals surface area (Å²) in [6.45, 7) is 1.88. The summed E-state index contributed by atoms with van der Waals surface area (Å²) < 4.78 is 85.6. The van der Waals surface area contributed by atoms with Crippen LogP contribution in [-0.2, 0) is 12.4 Å². The second-order valence-corrected chi connectivity index (χ2v) is 15.7. The van der Waals surface area contributed by atoms with Gasteiger partial charge < -0.3 is 32.7 Å². The van der Waals surface area contributed by atoms with Gasteiger partial charge in [0.1, 0.15) is 17.7 Å². The third-order valence-electron chi connectivity index (χ3n) is 8.05. The lowest BCUT2D eigenvalue weighted by atomic mass is 10.1. The van der Waals surface area contributed by atoms with E-state index in [0.717, 1.165) is 47.5 Å². The maximum Gasteiger partial charge on any atom is 0.416 e. The highest BCUT2D eigenvalue weighted by Crippen LogP contribution is 2.43.